The number of esters is 1. The number of aliphatic hydroxyl groups is 9. The van der Waals surface area contributed by atoms with Crippen molar-refractivity contribution in [2.75, 3.05) is 13.2 Å². The topological polar surface area (TPSA) is 301 Å². The van der Waals surface area contributed by atoms with Crippen molar-refractivity contribution in [3.63, 3.8) is 0 Å². The van der Waals surface area contributed by atoms with Crippen molar-refractivity contribution in [2.24, 2.45) is 68.0 Å². The van der Waals surface area contributed by atoms with Crippen LogP contribution in [0.1, 0.15) is 184 Å². The third-order valence-corrected chi connectivity index (χ3v) is 24.5. The van der Waals surface area contributed by atoms with Gasteiger partial charge in [-0.1, -0.05) is 97.3 Å². The van der Waals surface area contributed by atoms with Gasteiger partial charge in [-0.3, -0.25) is 9.59 Å². The van der Waals surface area contributed by atoms with E-state index in [4.69, 9.17) is 28.4 Å². The molecule has 3 heterocycles. The van der Waals surface area contributed by atoms with Gasteiger partial charge in [-0.15, -0.1) is 6.58 Å². The van der Waals surface area contributed by atoms with E-state index >= 15 is 4.79 Å². The maximum absolute atomic E-state index is 15.8. The van der Waals surface area contributed by atoms with Crippen molar-refractivity contribution in [3.05, 3.63) is 23.8 Å². The Hall–Kier alpha value is -2.47. The number of nitrogens with one attached hydrogen (secondary N) is 1. The number of ether oxygens (including phenoxy) is 6. The maximum atomic E-state index is 15.8. The molecule has 10 N–H and O–H groups in total. The summed E-state index contributed by atoms with van der Waals surface area (Å²) < 4.78 is 36.9. The van der Waals surface area contributed by atoms with Crippen molar-refractivity contribution in [1.29, 1.82) is 0 Å². The van der Waals surface area contributed by atoms with Gasteiger partial charge in [-0.2, -0.15) is 0 Å². The highest BCUT2D eigenvalue weighted by Gasteiger charge is 2.77. The molecule has 0 aromatic carbocycles. The van der Waals surface area contributed by atoms with Crippen LogP contribution in [0.2, 0.25) is 0 Å². The Bertz CT molecular complexity index is 2440. The zero-order valence-electron chi connectivity index (χ0n) is 51.2. The van der Waals surface area contributed by atoms with Crippen LogP contribution in [0, 0.1) is 68.0 Å². The molecule has 10 rings (SSSR count). The van der Waals surface area contributed by atoms with Crippen LogP contribution in [-0.2, 0) is 42.8 Å². The molecule has 3 saturated heterocycles. The largest absolute Gasteiger partial charge is 0.432 e. The summed E-state index contributed by atoms with van der Waals surface area (Å²) in [6.07, 6.45) is -2.15. The Morgan fingerprint density at radius 1 is 0.762 bits per heavy atom. The van der Waals surface area contributed by atoms with E-state index in [0.717, 1.165) is 89.8 Å². The average Bonchev–Trinajstić information content (AvgIpc) is 1.49. The zero-order valence-corrected chi connectivity index (χ0v) is 51.2. The summed E-state index contributed by atoms with van der Waals surface area (Å²) >= 11 is 0. The summed E-state index contributed by atoms with van der Waals surface area (Å²) in [6, 6.07) is -1.30. The molecule has 0 radical (unpaired) electrons. The normalized spacial score (nSPS) is 50.0. The van der Waals surface area contributed by atoms with Crippen LogP contribution in [-0.4, -0.2) is 175 Å². The van der Waals surface area contributed by atoms with E-state index in [-0.39, 0.29) is 41.6 Å². The molecular weight excluding hydrogens is 1080 g/mol. The van der Waals surface area contributed by atoms with Gasteiger partial charge >= 0.3 is 5.97 Å². The fourth-order valence-electron chi connectivity index (χ4n) is 20.1. The Kier molecular flexibility index (Phi) is 18.5. The number of allylic oxidation sites excluding steroid dienone is 3. The van der Waals surface area contributed by atoms with Crippen molar-refractivity contribution in [2.45, 2.75) is 281 Å². The predicted molar refractivity (Wildman–Crippen MR) is 305 cm³/mol. The molecule has 0 aromatic rings. The van der Waals surface area contributed by atoms with Gasteiger partial charge in [0.05, 0.1) is 48.4 Å². The van der Waals surface area contributed by atoms with Crippen LogP contribution < -0.4 is 5.32 Å². The van der Waals surface area contributed by atoms with Crippen molar-refractivity contribution < 1.29 is 88.8 Å². The van der Waals surface area contributed by atoms with Crippen molar-refractivity contribution in [3.8, 4) is 0 Å². The van der Waals surface area contributed by atoms with Gasteiger partial charge < -0.3 is 84.5 Å². The minimum atomic E-state index is -1.91. The van der Waals surface area contributed by atoms with Gasteiger partial charge in [0.1, 0.15) is 55.1 Å². The summed E-state index contributed by atoms with van der Waals surface area (Å²) in [4.78, 5) is 42.4. The standard InChI is InChI=1S/C65H103NO18/c1-34(2)18-16-14-12-10-11-13-15-17-19-45(71)66-46-41(30-67)81-58(53(48(46)73)83-57-51(76)49(74)52(35(3)80-57)82-56-50(75)47(72)40(69)31-79-56)84-55(77)38-22-24-59(4,5)65(78)32-64(38)27-36(65)26-62(8)43(64)29-60(6)28-39-37(54(60)62)20-21-42-61(39,7)25-23-44(70)63(42,9)33-68/h29,33,35-42,44,46-54,56-58,67,69-70,72-76,78H,1,10-28,30-32H2,2-9H3,(H,66,71)/t35?,36?,37?,38?,39?,40-,41-,42?,44+,46+,47?,48?,49?,50?,51?,52+,53?,54?,56+,57?,58?,60?,61?,62?,63?,64?,65?/m1/s1. The molecule has 6 saturated carbocycles. The number of carbonyl (C=O) groups excluding carboxylic acids is 3. The molecule has 7 aliphatic carbocycles. The van der Waals surface area contributed by atoms with Crippen molar-refractivity contribution >= 4 is 18.2 Å². The fraction of sp³-hybridized carbons (Fsp3) is 0.892. The summed E-state index contributed by atoms with van der Waals surface area (Å²) in [5, 5.41) is 105. The van der Waals surface area contributed by atoms with Crippen LogP contribution in [0.3, 0.4) is 0 Å². The Balaban J connectivity index is 0.910. The second kappa shape index (κ2) is 24.0. The number of unbranched alkanes of at least 4 members (excludes halogenated alkanes) is 7. The second-order valence-corrected chi connectivity index (χ2v) is 30.1. The molecule has 19 heteroatoms. The lowest BCUT2D eigenvalue weighted by Gasteiger charge is -2.60. The first-order valence-electron chi connectivity index (χ1n) is 32.2. The van der Waals surface area contributed by atoms with Crippen LogP contribution >= 0.6 is 0 Å². The molecule has 1 spiro atoms. The lowest BCUT2D eigenvalue weighted by Crippen LogP contribution is -2.68. The fourth-order valence-corrected chi connectivity index (χ4v) is 20.1. The van der Waals surface area contributed by atoms with Crippen LogP contribution in [0.5, 0.6) is 0 Å². The first-order valence-corrected chi connectivity index (χ1v) is 32.2. The maximum Gasteiger partial charge on any atom is 0.312 e. The summed E-state index contributed by atoms with van der Waals surface area (Å²) in [5.74, 6) is -1.13. The SMILES string of the molecule is C=C(C)CCCCCCCCCCC(=O)N[C@@H]1C(O)C(OC2OC(C)[C@H](O[C@@H]3OC[C@@H](O)C(O)C3O)C(O)C2O)C(OC(=O)C2CCC(C)(C)C3(O)CC24CC3CC2(C)C4=CC3(C)CC4C(CCC5C4(C)CC[C@H](O)C5(C)C=O)C32)O[C@@H]1CO. The molecule has 3 aliphatic heterocycles. The number of aliphatic hydroxyl groups excluding tert-OH is 8. The minimum absolute atomic E-state index is 0.0501. The van der Waals surface area contributed by atoms with Crippen LogP contribution in [0.4, 0.5) is 0 Å². The molecule has 3 bridgehead atoms. The molecule has 27 atom stereocenters. The third kappa shape index (κ3) is 10.9. The highest BCUT2D eigenvalue weighted by Crippen LogP contribution is 2.82. The highest BCUT2D eigenvalue weighted by atomic mass is 16.8. The highest BCUT2D eigenvalue weighted by molar-refractivity contribution is 5.77. The molecular formula is C65H103NO18. The summed E-state index contributed by atoms with van der Waals surface area (Å²) in [5.41, 5.74) is -1.83. The molecule has 84 heavy (non-hydrogen) atoms. The summed E-state index contributed by atoms with van der Waals surface area (Å²) in [7, 11) is 0. The van der Waals surface area contributed by atoms with Crippen LogP contribution in [0.25, 0.3) is 0 Å². The number of fused-ring (bicyclic) bond motifs is 10. The lowest BCUT2D eigenvalue weighted by atomic mass is 9.44. The van der Waals surface area contributed by atoms with Gasteiger partial charge in [-0.05, 0) is 149 Å². The second-order valence-electron chi connectivity index (χ2n) is 30.1. The number of rotatable bonds is 20. The van der Waals surface area contributed by atoms with Crippen molar-refractivity contribution in [1.82, 2.24) is 5.32 Å². The molecule has 19 nitrogen and oxygen atoms in total. The minimum Gasteiger partial charge on any atom is -0.432 e. The Labute approximate surface area is 497 Å². The van der Waals surface area contributed by atoms with Gasteiger partial charge in [0, 0.05) is 11.8 Å². The van der Waals surface area contributed by atoms with Crippen LogP contribution in [0.15, 0.2) is 23.8 Å². The van der Waals surface area contributed by atoms with E-state index in [0.29, 0.717) is 50.4 Å². The third-order valence-electron chi connectivity index (χ3n) is 24.5. The Morgan fingerprint density at radius 3 is 2.08 bits per heavy atom. The van der Waals surface area contributed by atoms with E-state index in [1.807, 2.05) is 13.8 Å². The van der Waals surface area contributed by atoms with E-state index < -0.39 is 144 Å². The van der Waals surface area contributed by atoms with Gasteiger partial charge in [0.2, 0.25) is 12.2 Å². The monoisotopic (exact) mass is 1190 g/mol. The zero-order chi connectivity index (χ0) is 60.9. The van der Waals surface area contributed by atoms with Gasteiger partial charge in [0.25, 0.3) is 0 Å². The number of hydrogen-bond acceptors (Lipinski definition) is 18. The molecule has 10 aliphatic rings. The number of hydrogen-bond donors (Lipinski definition) is 10. The first kappa shape index (κ1) is 64.5. The van der Waals surface area contributed by atoms with E-state index in [2.05, 4.69) is 52.6 Å². The van der Waals surface area contributed by atoms with E-state index in [1.165, 1.54) is 18.1 Å². The number of amides is 1. The van der Waals surface area contributed by atoms with E-state index in [9.17, 15) is 55.5 Å². The average molecular weight is 1190 g/mol. The number of carbonyl (C=O) groups is 3. The molecule has 476 valence electrons. The molecule has 9 fully saturated rings. The van der Waals surface area contributed by atoms with Gasteiger partial charge in [-0.25, -0.2) is 0 Å². The quantitative estimate of drug-likeness (QED) is 0.0325. The molecule has 1 amide bonds. The molecule has 0 aromatic heterocycles. The lowest BCUT2D eigenvalue weighted by molar-refractivity contribution is -0.369. The van der Waals surface area contributed by atoms with E-state index in [1.54, 1.807) is 0 Å². The first-order chi connectivity index (χ1) is 39.5. The predicted octanol–water partition coefficient (Wildman–Crippen LogP) is 5.19. The summed E-state index contributed by atoms with van der Waals surface area (Å²) in [6.45, 7) is 19.7. The van der Waals surface area contributed by atoms with Gasteiger partial charge in [0.15, 0.2) is 18.7 Å². The smallest absolute Gasteiger partial charge is 0.312 e. The molecule has 21 unspecified atom stereocenters. The number of aldehydes is 1. The Morgan fingerprint density at radius 2 is 1.42 bits per heavy atom.